The molecule has 1 fully saturated rings. The van der Waals surface area contributed by atoms with E-state index in [1.165, 1.54) is 0 Å². The molecular formula is C23H27N5O2S. The van der Waals surface area contributed by atoms with Crippen molar-refractivity contribution in [1.82, 2.24) is 19.7 Å². The molecule has 0 spiro atoms. The Morgan fingerprint density at radius 2 is 1.94 bits per heavy atom. The van der Waals surface area contributed by atoms with Crippen LogP contribution in [0.4, 0.5) is 0 Å². The summed E-state index contributed by atoms with van der Waals surface area (Å²) < 4.78 is 28.4. The van der Waals surface area contributed by atoms with Gasteiger partial charge in [-0.1, -0.05) is 32.9 Å². The van der Waals surface area contributed by atoms with E-state index < -0.39 is 10.0 Å². The van der Waals surface area contributed by atoms with Gasteiger partial charge in [0.25, 0.3) is 0 Å². The number of benzene rings is 1. The third-order valence-corrected chi connectivity index (χ3v) is 7.84. The zero-order chi connectivity index (χ0) is 22.0. The molecule has 0 radical (unpaired) electrons. The molecule has 162 valence electrons. The maximum atomic E-state index is 12.8. The second-order valence-corrected chi connectivity index (χ2v) is 11.6. The van der Waals surface area contributed by atoms with Crippen LogP contribution in [-0.2, 0) is 10.0 Å². The Bertz CT molecular complexity index is 1370. The van der Waals surface area contributed by atoms with Crippen LogP contribution in [-0.4, -0.2) is 41.2 Å². The number of H-pyrrole nitrogens is 1. The van der Waals surface area contributed by atoms with Crippen LogP contribution in [0.25, 0.3) is 27.5 Å². The Hall–Kier alpha value is -2.58. The molecule has 1 aromatic carbocycles. The van der Waals surface area contributed by atoms with Crippen molar-refractivity contribution in [3.63, 3.8) is 0 Å². The van der Waals surface area contributed by atoms with Gasteiger partial charge < -0.3 is 4.98 Å². The number of allylic oxidation sites excluding steroid dienone is 1. The van der Waals surface area contributed by atoms with Crippen LogP contribution in [0, 0.1) is 5.41 Å². The number of dihydropyridines is 1. The first-order valence-electron chi connectivity index (χ1n) is 10.6. The summed E-state index contributed by atoms with van der Waals surface area (Å²) in [5, 5.41) is 1.84. The summed E-state index contributed by atoms with van der Waals surface area (Å²) in [4.78, 5) is 17.3. The van der Waals surface area contributed by atoms with Crippen LogP contribution in [0.5, 0.6) is 0 Å². The molecule has 2 N–H and O–H groups in total. The number of sulfonamides is 1. The lowest BCUT2D eigenvalue weighted by atomic mass is 9.84. The standard InChI is InChI=1S/C23H27N5O2S/c1-22(2,3)18-11-14(7-10-24-18)20-19-16-6-5-15(31(29,30)28-23(4)8-9-23)12-17(16)27-21(19)26-13-25-20/h5-7,12-13,28H,8-11H2,1-4H3,(H,25,26,27). The highest BCUT2D eigenvalue weighted by Crippen LogP contribution is 2.37. The summed E-state index contributed by atoms with van der Waals surface area (Å²) in [5.41, 5.74) is 4.30. The minimum atomic E-state index is -3.57. The van der Waals surface area contributed by atoms with Crippen molar-refractivity contribution in [1.29, 1.82) is 0 Å². The molecule has 2 aromatic heterocycles. The zero-order valence-corrected chi connectivity index (χ0v) is 19.1. The van der Waals surface area contributed by atoms with Crippen LogP contribution in [0.2, 0.25) is 0 Å². The molecule has 0 saturated heterocycles. The van der Waals surface area contributed by atoms with Crippen molar-refractivity contribution < 1.29 is 8.42 Å². The molecule has 7 nitrogen and oxygen atoms in total. The number of rotatable bonds is 4. The maximum absolute atomic E-state index is 12.8. The monoisotopic (exact) mass is 437 g/mol. The summed E-state index contributed by atoms with van der Waals surface area (Å²) in [6, 6.07) is 5.21. The van der Waals surface area contributed by atoms with Gasteiger partial charge in [-0.15, -0.1) is 0 Å². The summed E-state index contributed by atoms with van der Waals surface area (Å²) in [5.74, 6) is 0. The fraction of sp³-hybridized carbons (Fsp3) is 0.435. The van der Waals surface area contributed by atoms with Crippen LogP contribution in [0.15, 0.2) is 40.5 Å². The molecule has 31 heavy (non-hydrogen) atoms. The lowest BCUT2D eigenvalue weighted by Crippen LogP contribution is -2.34. The van der Waals surface area contributed by atoms with E-state index in [2.05, 4.69) is 46.5 Å². The van der Waals surface area contributed by atoms with E-state index >= 15 is 0 Å². The summed E-state index contributed by atoms with van der Waals surface area (Å²) in [7, 11) is -3.57. The van der Waals surface area contributed by atoms with Gasteiger partial charge in [0.05, 0.1) is 22.5 Å². The Labute approximate surface area is 182 Å². The minimum Gasteiger partial charge on any atom is -0.339 e. The lowest BCUT2D eigenvalue weighted by molar-refractivity contribution is 0.558. The largest absolute Gasteiger partial charge is 0.339 e. The predicted molar refractivity (Wildman–Crippen MR) is 124 cm³/mol. The average molecular weight is 438 g/mol. The molecule has 0 bridgehead atoms. The zero-order valence-electron chi connectivity index (χ0n) is 18.3. The number of nitrogens with zero attached hydrogens (tertiary/aromatic N) is 3. The van der Waals surface area contributed by atoms with Crippen molar-refractivity contribution in [2.75, 3.05) is 6.54 Å². The molecule has 1 aliphatic carbocycles. The van der Waals surface area contributed by atoms with E-state index in [1.807, 2.05) is 13.0 Å². The van der Waals surface area contributed by atoms with E-state index in [-0.39, 0.29) is 15.8 Å². The van der Waals surface area contributed by atoms with Crippen molar-refractivity contribution in [3.05, 3.63) is 36.3 Å². The fourth-order valence-corrected chi connectivity index (χ4v) is 5.54. The van der Waals surface area contributed by atoms with Crippen LogP contribution in [0.3, 0.4) is 0 Å². The van der Waals surface area contributed by atoms with Crippen molar-refractivity contribution in [2.45, 2.75) is 57.4 Å². The Balaban J connectivity index is 1.58. The molecule has 8 heteroatoms. The van der Waals surface area contributed by atoms with Gasteiger partial charge >= 0.3 is 0 Å². The van der Waals surface area contributed by atoms with Gasteiger partial charge in [-0.25, -0.2) is 23.1 Å². The second kappa shape index (κ2) is 6.71. The number of aliphatic imine (C=N–C) groups is 1. The van der Waals surface area contributed by atoms with E-state index in [0.717, 1.165) is 52.5 Å². The Morgan fingerprint density at radius 1 is 1.16 bits per heavy atom. The predicted octanol–water partition coefficient (Wildman–Crippen LogP) is 4.22. The highest BCUT2D eigenvalue weighted by atomic mass is 32.2. The Morgan fingerprint density at radius 3 is 2.65 bits per heavy atom. The van der Waals surface area contributed by atoms with Gasteiger partial charge in [0.1, 0.15) is 12.0 Å². The molecule has 0 unspecified atom stereocenters. The number of fused-ring (bicyclic) bond motifs is 3. The van der Waals surface area contributed by atoms with Gasteiger partial charge in [0, 0.05) is 34.0 Å². The van der Waals surface area contributed by atoms with Gasteiger partial charge in [0.15, 0.2) is 0 Å². The molecule has 1 saturated carbocycles. The molecule has 5 rings (SSSR count). The average Bonchev–Trinajstić information content (AvgIpc) is 3.30. The summed E-state index contributed by atoms with van der Waals surface area (Å²) in [6.45, 7) is 9.10. The maximum Gasteiger partial charge on any atom is 0.241 e. The van der Waals surface area contributed by atoms with E-state index in [9.17, 15) is 8.42 Å². The third-order valence-electron chi connectivity index (χ3n) is 6.20. The molecular weight excluding hydrogens is 410 g/mol. The lowest BCUT2D eigenvalue weighted by Gasteiger charge is -2.25. The van der Waals surface area contributed by atoms with Crippen molar-refractivity contribution in [2.24, 2.45) is 10.4 Å². The third kappa shape index (κ3) is 3.68. The second-order valence-electron chi connectivity index (χ2n) is 9.89. The van der Waals surface area contributed by atoms with Gasteiger partial charge in [-0.05, 0) is 37.5 Å². The summed E-state index contributed by atoms with van der Waals surface area (Å²) >= 11 is 0. The molecule has 3 aromatic rings. The molecule has 0 amide bonds. The highest BCUT2D eigenvalue weighted by Gasteiger charge is 2.41. The first-order chi connectivity index (χ1) is 14.6. The van der Waals surface area contributed by atoms with Crippen LogP contribution < -0.4 is 4.72 Å². The number of aromatic nitrogens is 3. The van der Waals surface area contributed by atoms with Gasteiger partial charge in [-0.2, -0.15) is 0 Å². The quantitative estimate of drug-likeness (QED) is 0.638. The Kier molecular flexibility index (Phi) is 4.40. The smallest absolute Gasteiger partial charge is 0.241 e. The van der Waals surface area contributed by atoms with Crippen LogP contribution in [0.1, 0.15) is 52.7 Å². The topological polar surface area (TPSA) is 100 Å². The van der Waals surface area contributed by atoms with Crippen molar-refractivity contribution in [3.8, 4) is 0 Å². The summed E-state index contributed by atoms with van der Waals surface area (Å²) in [6.07, 6.45) is 6.17. The number of hydrogen-bond donors (Lipinski definition) is 2. The van der Waals surface area contributed by atoms with E-state index in [0.29, 0.717) is 12.2 Å². The highest BCUT2D eigenvalue weighted by molar-refractivity contribution is 7.89. The number of aromatic amines is 1. The number of hydrogen-bond acceptors (Lipinski definition) is 5. The van der Waals surface area contributed by atoms with Crippen LogP contribution >= 0.6 is 0 Å². The normalized spacial score (nSPS) is 18.8. The number of nitrogens with one attached hydrogen (secondary N) is 2. The molecule has 1 aliphatic heterocycles. The fourth-order valence-electron chi connectivity index (χ4n) is 4.05. The van der Waals surface area contributed by atoms with Crippen molar-refractivity contribution >= 4 is 43.2 Å². The molecule has 3 heterocycles. The van der Waals surface area contributed by atoms with E-state index in [4.69, 9.17) is 4.99 Å². The molecule has 0 atom stereocenters. The van der Waals surface area contributed by atoms with E-state index in [1.54, 1.807) is 18.5 Å². The SMILES string of the molecule is CC1(NS(=O)(=O)c2ccc3c(c2)[nH]c2ncnc(C4=CCN=C(C(C)(C)C)C4)c23)CC1. The first kappa shape index (κ1) is 20.3. The van der Waals surface area contributed by atoms with Gasteiger partial charge in [0.2, 0.25) is 10.0 Å². The van der Waals surface area contributed by atoms with Gasteiger partial charge in [-0.3, -0.25) is 4.99 Å². The minimum absolute atomic E-state index is 0.000326. The molecule has 2 aliphatic rings. The first-order valence-corrected chi connectivity index (χ1v) is 12.1.